The Morgan fingerprint density at radius 3 is 2.85 bits per heavy atom. The van der Waals surface area contributed by atoms with E-state index in [1.807, 2.05) is 0 Å². The topological polar surface area (TPSA) is 38.3 Å². The zero-order valence-electron chi connectivity index (χ0n) is 7.48. The number of carbonyl (C=O) groups is 1. The van der Waals surface area contributed by atoms with Crippen LogP contribution in [0.4, 0.5) is 0 Å². The maximum Gasteiger partial charge on any atom is 0.307 e. The molecule has 13 heavy (non-hydrogen) atoms. The third kappa shape index (κ3) is 8.09. The summed E-state index contributed by atoms with van der Waals surface area (Å²) in [4.78, 5) is 10.8. The molecule has 0 heterocycles. The van der Waals surface area contributed by atoms with Crippen LogP contribution in [0.15, 0.2) is 10.6 Å². The molecular formula is C8H13Cl2NO2. The Kier molecular flexibility index (Phi) is 8.19. The summed E-state index contributed by atoms with van der Waals surface area (Å²) in [5.74, 6) is -0.207. The lowest BCUT2D eigenvalue weighted by molar-refractivity contribution is -0.142. The molecule has 0 bridgehead atoms. The quantitative estimate of drug-likeness (QED) is 0.554. The molecule has 0 fully saturated rings. The van der Waals surface area contributed by atoms with Gasteiger partial charge in [-0.15, -0.1) is 0 Å². The largest absolute Gasteiger partial charge is 0.466 e. The lowest BCUT2D eigenvalue weighted by Crippen LogP contribution is -2.20. The molecule has 0 saturated heterocycles. The first-order valence-electron chi connectivity index (χ1n) is 4.01. The summed E-state index contributed by atoms with van der Waals surface area (Å²) in [5, 5.41) is 3.46. The predicted octanol–water partition coefficient (Wildman–Crippen LogP) is 1.85. The van der Waals surface area contributed by atoms with Crippen LogP contribution in [0, 0.1) is 0 Å². The average molecular weight is 226 g/mol. The molecule has 0 saturated carbocycles. The van der Waals surface area contributed by atoms with Crippen molar-refractivity contribution in [3.8, 4) is 0 Å². The van der Waals surface area contributed by atoms with Crippen molar-refractivity contribution in [2.45, 2.75) is 13.3 Å². The van der Waals surface area contributed by atoms with Gasteiger partial charge in [0.25, 0.3) is 0 Å². The van der Waals surface area contributed by atoms with Gasteiger partial charge in [-0.05, 0) is 6.92 Å². The highest BCUT2D eigenvalue weighted by atomic mass is 35.5. The van der Waals surface area contributed by atoms with E-state index in [4.69, 9.17) is 27.9 Å². The molecule has 0 rings (SSSR count). The Hall–Kier alpha value is -0.250. The van der Waals surface area contributed by atoms with E-state index in [0.717, 1.165) is 0 Å². The third-order valence-corrected chi connectivity index (χ3v) is 1.84. The zero-order chi connectivity index (χ0) is 10.1. The van der Waals surface area contributed by atoms with Crippen molar-refractivity contribution in [1.29, 1.82) is 0 Å². The first kappa shape index (κ1) is 12.8. The van der Waals surface area contributed by atoms with Gasteiger partial charge in [-0.1, -0.05) is 23.2 Å². The van der Waals surface area contributed by atoms with Gasteiger partial charge >= 0.3 is 5.97 Å². The van der Waals surface area contributed by atoms with Gasteiger partial charge < -0.3 is 10.1 Å². The fourth-order valence-corrected chi connectivity index (χ4v) is 0.842. The molecule has 5 heteroatoms. The number of esters is 1. The van der Waals surface area contributed by atoms with Crippen molar-refractivity contribution in [3.63, 3.8) is 0 Å². The molecule has 0 aromatic rings. The van der Waals surface area contributed by atoms with E-state index in [1.165, 1.54) is 5.54 Å². The predicted molar refractivity (Wildman–Crippen MR) is 53.9 cm³/mol. The highest BCUT2D eigenvalue weighted by molar-refractivity contribution is 6.36. The van der Waals surface area contributed by atoms with Gasteiger partial charge in [0.2, 0.25) is 0 Å². The fourth-order valence-electron chi connectivity index (χ4n) is 0.670. The summed E-state index contributed by atoms with van der Waals surface area (Å²) in [6.07, 6.45) is 0.348. The number of halogens is 2. The van der Waals surface area contributed by atoms with E-state index in [0.29, 0.717) is 31.1 Å². The van der Waals surface area contributed by atoms with Crippen LogP contribution in [0.1, 0.15) is 13.3 Å². The van der Waals surface area contributed by atoms with Gasteiger partial charge in [0.15, 0.2) is 0 Å². The second-order valence-electron chi connectivity index (χ2n) is 2.29. The van der Waals surface area contributed by atoms with Crippen LogP contribution in [-0.2, 0) is 9.53 Å². The van der Waals surface area contributed by atoms with E-state index in [9.17, 15) is 4.79 Å². The highest BCUT2D eigenvalue weighted by Gasteiger charge is 2.00. The first-order chi connectivity index (χ1) is 6.20. The smallest absolute Gasteiger partial charge is 0.307 e. The second kappa shape index (κ2) is 8.35. The molecule has 0 aliphatic rings. The highest BCUT2D eigenvalue weighted by Crippen LogP contribution is 2.00. The maximum atomic E-state index is 10.8. The number of nitrogens with one attached hydrogen (secondary N) is 1. The number of carbonyl (C=O) groups excluding carboxylic acids is 1. The number of hydrogen-bond acceptors (Lipinski definition) is 3. The van der Waals surface area contributed by atoms with E-state index in [1.54, 1.807) is 6.92 Å². The van der Waals surface area contributed by atoms with Crippen molar-refractivity contribution in [3.05, 3.63) is 10.6 Å². The summed E-state index contributed by atoms with van der Waals surface area (Å²) in [6, 6.07) is 0. The van der Waals surface area contributed by atoms with Crippen LogP contribution in [0.2, 0.25) is 0 Å². The first-order valence-corrected chi connectivity index (χ1v) is 4.83. The number of ether oxygens (including phenoxy) is 1. The van der Waals surface area contributed by atoms with Crippen LogP contribution in [0.3, 0.4) is 0 Å². The molecular weight excluding hydrogens is 213 g/mol. The van der Waals surface area contributed by atoms with Gasteiger partial charge in [-0.3, -0.25) is 4.79 Å². The van der Waals surface area contributed by atoms with Gasteiger partial charge in [0.05, 0.1) is 13.0 Å². The minimum atomic E-state index is -0.207. The lowest BCUT2D eigenvalue weighted by Gasteiger charge is -2.03. The Balaban J connectivity index is 3.30. The van der Waals surface area contributed by atoms with E-state index in [2.05, 4.69) is 5.32 Å². The molecule has 0 unspecified atom stereocenters. The molecule has 76 valence electrons. The maximum absolute atomic E-state index is 10.8. The van der Waals surface area contributed by atoms with Crippen LogP contribution in [-0.4, -0.2) is 25.7 Å². The van der Waals surface area contributed by atoms with Crippen molar-refractivity contribution >= 4 is 29.2 Å². The number of rotatable bonds is 6. The molecule has 0 aliphatic carbocycles. The summed E-state index contributed by atoms with van der Waals surface area (Å²) in [6.45, 7) is 3.21. The molecule has 0 aliphatic heterocycles. The lowest BCUT2D eigenvalue weighted by atomic mass is 10.4. The molecule has 0 atom stereocenters. The monoisotopic (exact) mass is 225 g/mol. The van der Waals surface area contributed by atoms with E-state index in [-0.39, 0.29) is 5.97 Å². The number of hydrogen-bond donors (Lipinski definition) is 1. The molecule has 0 radical (unpaired) electrons. The van der Waals surface area contributed by atoms with Crippen LogP contribution in [0.25, 0.3) is 0 Å². The minimum Gasteiger partial charge on any atom is -0.466 e. The SMILES string of the molecule is CCOC(=O)CCNCC(Cl)=CCl. The van der Waals surface area contributed by atoms with E-state index >= 15 is 0 Å². The summed E-state index contributed by atoms with van der Waals surface area (Å²) >= 11 is 10.9. The van der Waals surface area contributed by atoms with Gasteiger partial charge in [-0.2, -0.15) is 0 Å². The Morgan fingerprint density at radius 2 is 2.31 bits per heavy atom. The Labute approximate surface area is 88.0 Å². The normalized spacial score (nSPS) is 11.5. The van der Waals surface area contributed by atoms with Crippen molar-refractivity contribution in [2.24, 2.45) is 0 Å². The van der Waals surface area contributed by atoms with Gasteiger partial charge in [0.1, 0.15) is 0 Å². The Morgan fingerprint density at radius 1 is 1.62 bits per heavy atom. The summed E-state index contributed by atoms with van der Waals surface area (Å²) < 4.78 is 4.72. The molecule has 0 amide bonds. The van der Waals surface area contributed by atoms with Crippen molar-refractivity contribution < 1.29 is 9.53 Å². The third-order valence-electron chi connectivity index (χ3n) is 1.22. The zero-order valence-corrected chi connectivity index (χ0v) is 8.99. The standard InChI is InChI=1S/C8H13Cl2NO2/c1-2-13-8(12)3-4-11-6-7(10)5-9/h5,11H,2-4,6H2,1H3. The van der Waals surface area contributed by atoms with Gasteiger partial charge in [-0.25, -0.2) is 0 Å². The molecule has 3 nitrogen and oxygen atoms in total. The molecule has 1 N–H and O–H groups in total. The molecule has 0 aromatic heterocycles. The average Bonchev–Trinajstić information content (AvgIpc) is 2.12. The van der Waals surface area contributed by atoms with Crippen LogP contribution >= 0.6 is 23.2 Å². The van der Waals surface area contributed by atoms with E-state index < -0.39 is 0 Å². The van der Waals surface area contributed by atoms with Gasteiger partial charge in [0, 0.05) is 23.7 Å². The second-order valence-corrected chi connectivity index (χ2v) is 2.99. The van der Waals surface area contributed by atoms with Crippen molar-refractivity contribution in [2.75, 3.05) is 19.7 Å². The van der Waals surface area contributed by atoms with Crippen LogP contribution < -0.4 is 5.32 Å². The molecule has 0 aromatic carbocycles. The summed E-state index contributed by atoms with van der Waals surface area (Å²) in [5.41, 5.74) is 1.29. The van der Waals surface area contributed by atoms with Crippen LogP contribution in [0.5, 0.6) is 0 Å². The Bertz CT molecular complexity index is 183. The fraction of sp³-hybridized carbons (Fsp3) is 0.625. The minimum absolute atomic E-state index is 0.207. The summed E-state index contributed by atoms with van der Waals surface area (Å²) in [7, 11) is 0. The van der Waals surface area contributed by atoms with Crippen molar-refractivity contribution in [1.82, 2.24) is 5.32 Å². The molecule has 0 spiro atoms.